The van der Waals surface area contributed by atoms with Crippen LogP contribution >= 0.6 is 0 Å². The average molecular weight is 197 g/mol. The lowest BCUT2D eigenvalue weighted by atomic mass is 10.3. The van der Waals surface area contributed by atoms with E-state index in [1.165, 1.54) is 25.2 Å². The number of hydrogen-bond donors (Lipinski definition) is 0. The third-order valence-corrected chi connectivity index (χ3v) is 1.13. The minimum absolute atomic E-state index is 0.0732. The summed E-state index contributed by atoms with van der Waals surface area (Å²) in [4.78, 5) is 20.1. The van der Waals surface area contributed by atoms with Crippen molar-refractivity contribution in [2.24, 2.45) is 0 Å². The van der Waals surface area contributed by atoms with Crippen molar-refractivity contribution in [3.05, 3.63) is 46.4 Å². The Morgan fingerprint density at radius 1 is 1.50 bits per heavy atom. The average Bonchev–Trinajstić information content (AvgIpc) is 2.09. The van der Waals surface area contributed by atoms with Gasteiger partial charge in [0.2, 0.25) is 0 Å². The Morgan fingerprint density at radius 3 is 2.57 bits per heavy atom. The van der Waals surface area contributed by atoms with Crippen LogP contribution in [0, 0.1) is 10.1 Å². The first-order valence-corrected chi connectivity index (χ1v) is 3.89. The van der Waals surface area contributed by atoms with Crippen LogP contribution in [0.4, 0.5) is 0 Å². The van der Waals surface area contributed by atoms with Gasteiger partial charge in [-0.05, 0) is 13.0 Å². The predicted molar refractivity (Wildman–Crippen MR) is 50.8 cm³/mol. The number of carbonyl (C=O) groups is 1. The maximum absolute atomic E-state index is 10.4. The molecule has 5 heteroatoms. The molecular weight excluding hydrogens is 186 g/mol. The Balaban J connectivity index is 4.37. The highest BCUT2D eigenvalue weighted by atomic mass is 16.6. The molecule has 0 aliphatic rings. The molecule has 0 atom stereocenters. The number of ether oxygens (including phenoxy) is 1. The summed E-state index contributed by atoms with van der Waals surface area (Å²) >= 11 is 0. The lowest BCUT2D eigenvalue weighted by molar-refractivity contribution is -0.419. The Bertz CT molecular complexity index is 302. The SMILES string of the molecule is C\C=C/C(=C\C=C\OC(C)=O)[N+](=O)[O-]. The van der Waals surface area contributed by atoms with E-state index in [1.54, 1.807) is 13.0 Å². The van der Waals surface area contributed by atoms with E-state index < -0.39 is 10.9 Å². The molecule has 0 rings (SSSR count). The van der Waals surface area contributed by atoms with Gasteiger partial charge in [-0.25, -0.2) is 0 Å². The third-order valence-electron chi connectivity index (χ3n) is 1.13. The lowest BCUT2D eigenvalue weighted by Gasteiger charge is -1.89. The zero-order valence-electron chi connectivity index (χ0n) is 7.97. The number of nitrogens with zero attached hydrogens (tertiary/aromatic N) is 1. The van der Waals surface area contributed by atoms with Crippen LogP contribution < -0.4 is 0 Å². The van der Waals surface area contributed by atoms with Crippen molar-refractivity contribution in [3.63, 3.8) is 0 Å². The van der Waals surface area contributed by atoms with E-state index in [4.69, 9.17) is 0 Å². The number of allylic oxidation sites excluding steroid dienone is 4. The minimum Gasteiger partial charge on any atom is -0.435 e. The predicted octanol–water partition coefficient (Wildman–Crippen LogP) is 1.80. The summed E-state index contributed by atoms with van der Waals surface area (Å²) in [6.07, 6.45) is 6.52. The first-order chi connectivity index (χ1) is 6.57. The van der Waals surface area contributed by atoms with Gasteiger partial charge in [-0.3, -0.25) is 14.9 Å². The summed E-state index contributed by atoms with van der Waals surface area (Å²) in [5.74, 6) is -0.469. The second-order valence-corrected chi connectivity index (χ2v) is 2.29. The normalized spacial score (nSPS) is 12.3. The van der Waals surface area contributed by atoms with Crippen LogP contribution in [0.25, 0.3) is 0 Å². The number of carbonyl (C=O) groups excluding carboxylic acids is 1. The molecule has 5 nitrogen and oxygen atoms in total. The second kappa shape index (κ2) is 6.59. The molecular formula is C9H11NO4. The molecule has 0 aliphatic carbocycles. The van der Waals surface area contributed by atoms with Gasteiger partial charge in [0, 0.05) is 19.1 Å². The summed E-state index contributed by atoms with van der Waals surface area (Å²) in [5.41, 5.74) is -0.0732. The monoisotopic (exact) mass is 197 g/mol. The smallest absolute Gasteiger partial charge is 0.307 e. The van der Waals surface area contributed by atoms with E-state index in [1.807, 2.05) is 0 Å². The first kappa shape index (κ1) is 12.1. The molecule has 0 aromatic heterocycles. The Kier molecular flexibility index (Phi) is 5.69. The summed E-state index contributed by atoms with van der Waals surface area (Å²) in [7, 11) is 0. The zero-order chi connectivity index (χ0) is 11.0. The van der Waals surface area contributed by atoms with Gasteiger partial charge in [0.1, 0.15) is 0 Å². The maximum atomic E-state index is 10.4. The highest BCUT2D eigenvalue weighted by Gasteiger charge is 2.01. The van der Waals surface area contributed by atoms with Crippen LogP contribution in [0.1, 0.15) is 13.8 Å². The van der Waals surface area contributed by atoms with Crippen LogP contribution in [0.3, 0.4) is 0 Å². The molecule has 0 unspecified atom stereocenters. The van der Waals surface area contributed by atoms with E-state index in [9.17, 15) is 14.9 Å². The van der Waals surface area contributed by atoms with Crippen molar-refractivity contribution >= 4 is 5.97 Å². The van der Waals surface area contributed by atoms with Crippen molar-refractivity contribution in [3.8, 4) is 0 Å². The molecule has 0 saturated heterocycles. The highest BCUT2D eigenvalue weighted by molar-refractivity contribution is 5.66. The molecule has 0 saturated carbocycles. The van der Waals surface area contributed by atoms with Gasteiger partial charge < -0.3 is 4.74 Å². The van der Waals surface area contributed by atoms with Gasteiger partial charge in [0.15, 0.2) is 0 Å². The first-order valence-electron chi connectivity index (χ1n) is 3.89. The molecule has 0 aromatic rings. The van der Waals surface area contributed by atoms with Gasteiger partial charge >= 0.3 is 5.97 Å². The van der Waals surface area contributed by atoms with Crippen molar-refractivity contribution in [2.75, 3.05) is 0 Å². The van der Waals surface area contributed by atoms with Crippen LogP contribution in [0.5, 0.6) is 0 Å². The van der Waals surface area contributed by atoms with E-state index in [-0.39, 0.29) is 5.70 Å². The molecule has 0 aromatic carbocycles. The van der Waals surface area contributed by atoms with Crippen LogP contribution in [0.15, 0.2) is 36.3 Å². The summed E-state index contributed by atoms with van der Waals surface area (Å²) < 4.78 is 4.44. The van der Waals surface area contributed by atoms with Crippen molar-refractivity contribution < 1.29 is 14.5 Å². The molecule has 0 heterocycles. The van der Waals surface area contributed by atoms with Gasteiger partial charge in [0.05, 0.1) is 11.2 Å². The van der Waals surface area contributed by atoms with Crippen LogP contribution in [-0.2, 0) is 9.53 Å². The highest BCUT2D eigenvalue weighted by Crippen LogP contribution is 1.98. The Morgan fingerprint density at radius 2 is 2.14 bits per heavy atom. The number of hydrogen-bond acceptors (Lipinski definition) is 4. The summed E-state index contributed by atoms with van der Waals surface area (Å²) in [5, 5.41) is 10.4. The van der Waals surface area contributed by atoms with E-state index >= 15 is 0 Å². The quantitative estimate of drug-likeness (QED) is 0.226. The van der Waals surface area contributed by atoms with E-state index in [2.05, 4.69) is 4.74 Å². The molecule has 0 radical (unpaired) electrons. The largest absolute Gasteiger partial charge is 0.435 e. The van der Waals surface area contributed by atoms with Gasteiger partial charge in [-0.15, -0.1) is 0 Å². The van der Waals surface area contributed by atoms with Gasteiger partial charge in [-0.2, -0.15) is 0 Å². The third kappa shape index (κ3) is 5.70. The molecule has 0 N–H and O–H groups in total. The van der Waals surface area contributed by atoms with Gasteiger partial charge in [0.25, 0.3) is 5.70 Å². The van der Waals surface area contributed by atoms with E-state index in [0.29, 0.717) is 0 Å². The van der Waals surface area contributed by atoms with Crippen molar-refractivity contribution in [1.29, 1.82) is 0 Å². The molecule has 0 bridgehead atoms. The zero-order valence-corrected chi connectivity index (χ0v) is 7.97. The Hall–Kier alpha value is -1.91. The molecule has 0 fully saturated rings. The maximum Gasteiger partial charge on any atom is 0.307 e. The Labute approximate surface area is 81.5 Å². The summed E-state index contributed by atoms with van der Waals surface area (Å²) in [6, 6.07) is 0. The summed E-state index contributed by atoms with van der Waals surface area (Å²) in [6.45, 7) is 2.92. The van der Waals surface area contributed by atoms with Crippen molar-refractivity contribution in [2.45, 2.75) is 13.8 Å². The number of esters is 1. The fourth-order valence-corrected chi connectivity index (χ4v) is 0.621. The molecule has 76 valence electrons. The number of nitro groups is 1. The second-order valence-electron chi connectivity index (χ2n) is 2.29. The van der Waals surface area contributed by atoms with Crippen LogP contribution in [0.2, 0.25) is 0 Å². The van der Waals surface area contributed by atoms with E-state index in [0.717, 1.165) is 6.26 Å². The minimum atomic E-state index is -0.530. The fourth-order valence-electron chi connectivity index (χ4n) is 0.621. The lowest BCUT2D eigenvalue weighted by Crippen LogP contribution is -1.94. The fraction of sp³-hybridized carbons (Fsp3) is 0.222. The topological polar surface area (TPSA) is 69.4 Å². The van der Waals surface area contributed by atoms with Gasteiger partial charge in [-0.1, -0.05) is 6.08 Å². The standard InChI is InChI=1S/C9H11NO4/c1-3-5-9(10(12)13)6-4-7-14-8(2)11/h3-7H,1-2H3/b5-3-,7-4+,9-6+. The number of rotatable bonds is 4. The molecule has 14 heavy (non-hydrogen) atoms. The molecule has 0 amide bonds. The van der Waals surface area contributed by atoms with Crippen molar-refractivity contribution in [1.82, 2.24) is 0 Å². The molecule has 0 aliphatic heterocycles. The van der Waals surface area contributed by atoms with Crippen LogP contribution in [-0.4, -0.2) is 10.9 Å². The molecule has 0 spiro atoms.